The van der Waals surface area contributed by atoms with Gasteiger partial charge in [0.1, 0.15) is 0 Å². The highest BCUT2D eigenvalue weighted by molar-refractivity contribution is 7.79. The van der Waals surface area contributed by atoms with Crippen LogP contribution in [0.1, 0.15) is 49.7 Å². The smallest absolute Gasteiger partial charge is 0.373 e. The van der Waals surface area contributed by atoms with E-state index >= 15 is 0 Å². The SMILES string of the molecule is O=C1C[C@@H]2OCC=C3CN4CCC56c7ccccc7N1[C@H]5C2C3C[C@@H]46.O=C1C[C@@H]2OCC=C3CN4CCC56c7ccccc7N1[C@H]5C2C3C[C@@H]46.O=S(=O)(O)O. The standard InChI is InChI=1S/2C21H22N2O2.H2O4S/c2*24-18-10-16-19-13-9-17-21(6-7-22(17)11-12(13)5-8-25-16)14-3-1-2-4-15(14)23(18)20(19)21;1-5(2,3)4/h2*1-5,13,16-17,19-20H,6-11H2;(H2,1,2,3,4)/t2*13?,16-,17+,19?,20-,21?;/m00./s1. The fraction of sp³-hybridized carbons (Fsp3) is 0.571. The Bertz CT molecular complexity index is 2080. The summed E-state index contributed by atoms with van der Waals surface area (Å²) in [4.78, 5) is 36.2. The quantitative estimate of drug-likeness (QED) is 0.303. The molecule has 2 spiro atoms. The van der Waals surface area contributed by atoms with Crippen LogP contribution in [-0.2, 0) is 40.3 Å². The highest BCUT2D eigenvalue weighted by atomic mass is 32.3. The fourth-order valence-electron chi connectivity index (χ4n) is 15.0. The summed E-state index contributed by atoms with van der Waals surface area (Å²) < 4.78 is 44.1. The highest BCUT2D eigenvalue weighted by Crippen LogP contribution is 2.67. The molecule has 8 fully saturated rings. The number of nitrogens with zero attached hydrogens (tertiary/aromatic N) is 4. The largest absolute Gasteiger partial charge is 0.394 e. The molecule has 288 valence electrons. The van der Waals surface area contributed by atoms with E-state index in [2.05, 4.69) is 80.3 Å². The van der Waals surface area contributed by atoms with E-state index in [1.165, 1.54) is 61.3 Å². The number of para-hydroxylation sites is 2. The summed E-state index contributed by atoms with van der Waals surface area (Å²) in [7, 11) is -4.67. The van der Waals surface area contributed by atoms with Crippen molar-refractivity contribution >= 4 is 33.6 Å². The van der Waals surface area contributed by atoms with Crippen LogP contribution in [0.3, 0.4) is 0 Å². The zero-order valence-electron chi connectivity index (χ0n) is 30.6. The molecule has 2 aromatic rings. The molecule has 13 heteroatoms. The van der Waals surface area contributed by atoms with Gasteiger partial charge in [-0.3, -0.25) is 28.5 Å². The summed E-state index contributed by atoms with van der Waals surface area (Å²) in [6, 6.07) is 19.3. The third-order valence-electron chi connectivity index (χ3n) is 16.4. The summed E-state index contributed by atoms with van der Waals surface area (Å²) in [5.74, 6) is 2.70. The molecule has 10 aliphatic heterocycles. The van der Waals surface area contributed by atoms with Crippen molar-refractivity contribution in [1.29, 1.82) is 0 Å². The number of hydrogen-bond donors (Lipinski definition) is 2. The topological polar surface area (TPSA) is 140 Å². The second-order valence-electron chi connectivity index (χ2n) is 18.0. The summed E-state index contributed by atoms with van der Waals surface area (Å²) >= 11 is 0. The Kier molecular flexibility index (Phi) is 6.96. The molecule has 0 radical (unpaired) electrons. The van der Waals surface area contributed by atoms with Gasteiger partial charge in [0.25, 0.3) is 0 Å². The molecule has 6 unspecified atom stereocenters. The Labute approximate surface area is 320 Å². The van der Waals surface area contributed by atoms with Crippen LogP contribution in [0.5, 0.6) is 0 Å². The molecule has 4 bridgehead atoms. The molecule has 0 aromatic heterocycles. The van der Waals surface area contributed by atoms with E-state index in [0.29, 0.717) is 73.9 Å². The van der Waals surface area contributed by atoms with E-state index in [9.17, 15) is 9.59 Å². The maximum Gasteiger partial charge on any atom is 0.394 e. The van der Waals surface area contributed by atoms with Gasteiger partial charge in [0.2, 0.25) is 11.8 Å². The maximum absolute atomic E-state index is 13.2. The number of hydrogen-bond acceptors (Lipinski definition) is 8. The first kappa shape index (κ1) is 33.7. The summed E-state index contributed by atoms with van der Waals surface area (Å²) in [6.07, 6.45) is 10.9. The molecule has 2 N–H and O–H groups in total. The van der Waals surface area contributed by atoms with Crippen molar-refractivity contribution in [3.8, 4) is 0 Å². The Morgan fingerprint density at radius 1 is 0.655 bits per heavy atom. The summed E-state index contributed by atoms with van der Waals surface area (Å²) in [5.41, 5.74) is 8.71. The second kappa shape index (κ2) is 11.4. The molecule has 12 atom stereocenters. The zero-order chi connectivity index (χ0) is 37.2. The first-order valence-corrected chi connectivity index (χ1v) is 21.6. The van der Waals surface area contributed by atoms with Crippen LogP contribution < -0.4 is 9.80 Å². The van der Waals surface area contributed by atoms with Crippen LogP contribution in [0.25, 0.3) is 0 Å². The molecular formula is C42H46N4O8S. The van der Waals surface area contributed by atoms with E-state index in [-0.39, 0.29) is 34.9 Å². The van der Waals surface area contributed by atoms with Gasteiger partial charge >= 0.3 is 10.4 Å². The van der Waals surface area contributed by atoms with Crippen LogP contribution >= 0.6 is 0 Å². The lowest BCUT2D eigenvalue weighted by Crippen LogP contribution is -2.69. The average Bonchev–Trinajstić information content (AvgIpc) is 3.84. The molecule has 2 aliphatic carbocycles. The molecule has 2 saturated carbocycles. The number of ether oxygens (including phenoxy) is 2. The van der Waals surface area contributed by atoms with Crippen LogP contribution in [-0.4, -0.2) is 115 Å². The first-order valence-electron chi connectivity index (χ1n) is 20.2. The Balaban J connectivity index is 0.000000109. The number of anilines is 2. The number of benzene rings is 2. The fourth-order valence-corrected chi connectivity index (χ4v) is 15.0. The third-order valence-corrected chi connectivity index (χ3v) is 16.4. The number of fused-ring (bicyclic) bond motifs is 4. The Morgan fingerprint density at radius 2 is 1.07 bits per heavy atom. The van der Waals surface area contributed by atoms with Crippen molar-refractivity contribution in [3.05, 3.63) is 83.0 Å². The van der Waals surface area contributed by atoms with Gasteiger partial charge in [-0.25, -0.2) is 0 Å². The number of carbonyl (C=O) groups excluding carboxylic acids is 2. The van der Waals surface area contributed by atoms with Crippen molar-refractivity contribution in [2.45, 2.75) is 85.7 Å². The van der Waals surface area contributed by atoms with Crippen LogP contribution in [0, 0.1) is 23.7 Å². The molecule has 2 aromatic carbocycles. The lowest BCUT2D eigenvalue weighted by atomic mass is 9.53. The molecule has 55 heavy (non-hydrogen) atoms. The second-order valence-corrected chi connectivity index (χ2v) is 18.9. The van der Waals surface area contributed by atoms with Crippen molar-refractivity contribution < 1.29 is 36.6 Å². The maximum atomic E-state index is 13.2. The van der Waals surface area contributed by atoms with E-state index in [4.69, 9.17) is 27.0 Å². The van der Waals surface area contributed by atoms with Crippen LogP contribution in [0.4, 0.5) is 11.4 Å². The number of carbonyl (C=O) groups is 2. The predicted molar refractivity (Wildman–Crippen MR) is 201 cm³/mol. The van der Waals surface area contributed by atoms with Crippen LogP contribution in [0.15, 0.2) is 71.8 Å². The predicted octanol–water partition coefficient (Wildman–Crippen LogP) is 3.53. The van der Waals surface area contributed by atoms with Gasteiger partial charge in [-0.2, -0.15) is 8.42 Å². The van der Waals surface area contributed by atoms with E-state index in [1.807, 2.05) is 0 Å². The number of piperidine rings is 4. The van der Waals surface area contributed by atoms with Gasteiger partial charge in [-0.05, 0) is 73.9 Å². The summed E-state index contributed by atoms with van der Waals surface area (Å²) in [6.45, 7) is 5.94. The Hall–Kier alpha value is -3.43. The van der Waals surface area contributed by atoms with Gasteiger partial charge in [-0.1, -0.05) is 59.7 Å². The van der Waals surface area contributed by atoms with Gasteiger partial charge in [0, 0.05) is 59.2 Å². The first-order chi connectivity index (χ1) is 26.6. The molecule has 14 rings (SSSR count). The Morgan fingerprint density at radius 3 is 1.51 bits per heavy atom. The molecule has 6 saturated heterocycles. The minimum Gasteiger partial charge on any atom is -0.373 e. The van der Waals surface area contributed by atoms with Gasteiger partial charge in [0.05, 0.1) is 50.3 Å². The van der Waals surface area contributed by atoms with Crippen molar-refractivity contribution in [2.24, 2.45) is 23.7 Å². The average molecular weight is 767 g/mol. The number of rotatable bonds is 0. The molecule has 12 aliphatic rings. The number of amides is 2. The summed E-state index contributed by atoms with van der Waals surface area (Å²) in [5, 5.41) is 0. The normalized spacial score (nSPS) is 42.8. The van der Waals surface area contributed by atoms with E-state index < -0.39 is 10.4 Å². The third kappa shape index (κ3) is 4.30. The highest BCUT2D eigenvalue weighted by Gasteiger charge is 2.72. The molecule has 10 heterocycles. The van der Waals surface area contributed by atoms with Crippen molar-refractivity contribution in [3.63, 3.8) is 0 Å². The lowest BCUT2D eigenvalue weighted by molar-refractivity contribution is -0.133. The molecule has 12 nitrogen and oxygen atoms in total. The van der Waals surface area contributed by atoms with Gasteiger partial charge in [0.15, 0.2) is 0 Å². The monoisotopic (exact) mass is 766 g/mol. The lowest BCUT2D eigenvalue weighted by Gasteiger charge is -2.58. The molecular weight excluding hydrogens is 721 g/mol. The minimum absolute atomic E-state index is 0.104. The van der Waals surface area contributed by atoms with Gasteiger partial charge in [-0.15, -0.1) is 0 Å². The van der Waals surface area contributed by atoms with Gasteiger partial charge < -0.3 is 19.3 Å². The van der Waals surface area contributed by atoms with E-state index in [0.717, 1.165) is 13.1 Å². The molecule has 2 amide bonds. The minimum atomic E-state index is -4.67. The van der Waals surface area contributed by atoms with Crippen LogP contribution in [0.2, 0.25) is 0 Å². The van der Waals surface area contributed by atoms with Crippen molar-refractivity contribution in [2.75, 3.05) is 49.2 Å². The van der Waals surface area contributed by atoms with E-state index in [1.54, 1.807) is 11.1 Å². The van der Waals surface area contributed by atoms with Crippen molar-refractivity contribution in [1.82, 2.24) is 9.80 Å². The zero-order valence-corrected chi connectivity index (χ0v) is 31.4.